The van der Waals surface area contributed by atoms with Crippen LogP contribution in [0.4, 0.5) is 17.1 Å². The number of non-ortho nitro benzene ring substituents is 1. The van der Waals surface area contributed by atoms with Crippen molar-refractivity contribution in [2.24, 2.45) is 5.92 Å². The number of allylic oxidation sites excluding steroid dienone is 2. The summed E-state index contributed by atoms with van der Waals surface area (Å²) >= 11 is 0. The van der Waals surface area contributed by atoms with E-state index >= 15 is 0 Å². The summed E-state index contributed by atoms with van der Waals surface area (Å²) in [5, 5.41) is 36.4. The van der Waals surface area contributed by atoms with Crippen molar-refractivity contribution in [1.29, 1.82) is 0 Å². The Labute approximate surface area is 159 Å². The number of ether oxygens (including phenoxy) is 1. The number of fused-ring (bicyclic) bond motifs is 3. The van der Waals surface area contributed by atoms with Crippen molar-refractivity contribution >= 4 is 17.1 Å². The number of nitro benzene ring substituents is 2. The number of hydrogen-bond donors (Lipinski definition) is 2. The molecule has 0 aromatic heterocycles. The molecule has 2 aliphatic rings. The minimum absolute atomic E-state index is 0.00781. The predicted molar refractivity (Wildman–Crippen MR) is 101 cm³/mol. The monoisotopic (exact) mass is 383 g/mol. The lowest BCUT2D eigenvalue weighted by atomic mass is 9.76. The van der Waals surface area contributed by atoms with Crippen LogP contribution in [0.5, 0.6) is 11.5 Å². The number of anilines is 1. The van der Waals surface area contributed by atoms with Gasteiger partial charge in [0, 0.05) is 29.7 Å². The van der Waals surface area contributed by atoms with E-state index in [9.17, 15) is 25.3 Å². The van der Waals surface area contributed by atoms with E-state index in [2.05, 4.69) is 5.32 Å². The first-order valence-electron chi connectivity index (χ1n) is 8.68. The highest BCUT2D eigenvalue weighted by molar-refractivity contribution is 5.74. The van der Waals surface area contributed by atoms with Crippen LogP contribution in [-0.4, -0.2) is 22.1 Å². The molecule has 1 heterocycles. The van der Waals surface area contributed by atoms with Crippen molar-refractivity contribution in [2.45, 2.75) is 18.4 Å². The van der Waals surface area contributed by atoms with Gasteiger partial charge < -0.3 is 15.2 Å². The van der Waals surface area contributed by atoms with Crippen LogP contribution < -0.4 is 10.1 Å². The minimum Gasteiger partial charge on any atom is -0.508 e. The molecular formula is C19H17N3O6. The van der Waals surface area contributed by atoms with Gasteiger partial charge in [0.25, 0.3) is 11.4 Å². The number of nitrogens with one attached hydrogen (secondary N) is 1. The SMILES string of the molecule is COc1ccc([N+](=O)[O-])c2c1NC(c1cc([N+](=O)[O-])ccc1O)C1CC=CC21. The molecule has 0 saturated heterocycles. The maximum absolute atomic E-state index is 11.6. The van der Waals surface area contributed by atoms with Crippen LogP contribution in [0.1, 0.15) is 29.5 Å². The van der Waals surface area contributed by atoms with Gasteiger partial charge in [0.1, 0.15) is 11.5 Å². The van der Waals surface area contributed by atoms with Gasteiger partial charge in [0.05, 0.1) is 34.2 Å². The summed E-state index contributed by atoms with van der Waals surface area (Å²) in [5.74, 6) is -0.0301. The fraction of sp³-hybridized carbons (Fsp3) is 0.263. The lowest BCUT2D eigenvalue weighted by molar-refractivity contribution is -0.385. The highest BCUT2D eigenvalue weighted by Crippen LogP contribution is 2.55. The zero-order valence-corrected chi connectivity index (χ0v) is 14.9. The molecule has 9 nitrogen and oxygen atoms in total. The number of nitro groups is 2. The van der Waals surface area contributed by atoms with E-state index in [0.717, 1.165) is 0 Å². The van der Waals surface area contributed by atoms with E-state index in [4.69, 9.17) is 4.74 Å². The Hall–Kier alpha value is -3.62. The van der Waals surface area contributed by atoms with Gasteiger partial charge in [-0.1, -0.05) is 12.2 Å². The van der Waals surface area contributed by atoms with Crippen LogP contribution in [0.15, 0.2) is 42.5 Å². The van der Waals surface area contributed by atoms with Gasteiger partial charge in [0.2, 0.25) is 0 Å². The van der Waals surface area contributed by atoms with Crippen LogP contribution in [0.3, 0.4) is 0 Å². The van der Waals surface area contributed by atoms with E-state index in [1.807, 2.05) is 12.2 Å². The molecule has 3 unspecified atom stereocenters. The normalized spacial score (nSPS) is 22.1. The Morgan fingerprint density at radius 3 is 2.64 bits per heavy atom. The smallest absolute Gasteiger partial charge is 0.275 e. The first-order valence-corrected chi connectivity index (χ1v) is 8.68. The molecule has 9 heteroatoms. The zero-order chi connectivity index (χ0) is 20.0. The number of aromatic hydroxyl groups is 1. The predicted octanol–water partition coefficient (Wildman–Crippen LogP) is 4.04. The van der Waals surface area contributed by atoms with Crippen molar-refractivity contribution < 1.29 is 19.7 Å². The molecular weight excluding hydrogens is 366 g/mol. The van der Waals surface area contributed by atoms with Crippen molar-refractivity contribution in [1.82, 2.24) is 0 Å². The Balaban J connectivity index is 1.90. The quantitative estimate of drug-likeness (QED) is 0.463. The van der Waals surface area contributed by atoms with Crippen molar-refractivity contribution in [3.63, 3.8) is 0 Å². The van der Waals surface area contributed by atoms with Crippen molar-refractivity contribution in [3.05, 3.63) is 73.8 Å². The maximum atomic E-state index is 11.6. The molecule has 3 atom stereocenters. The van der Waals surface area contributed by atoms with Crippen LogP contribution in [0.25, 0.3) is 0 Å². The molecule has 1 aliphatic carbocycles. The molecule has 2 aromatic carbocycles. The fourth-order valence-electron chi connectivity index (χ4n) is 4.21. The molecule has 0 spiro atoms. The van der Waals surface area contributed by atoms with Crippen molar-refractivity contribution in [2.75, 3.05) is 12.4 Å². The summed E-state index contributed by atoms with van der Waals surface area (Å²) in [6.45, 7) is 0. The largest absolute Gasteiger partial charge is 0.508 e. The lowest BCUT2D eigenvalue weighted by Gasteiger charge is -2.37. The topological polar surface area (TPSA) is 128 Å². The summed E-state index contributed by atoms with van der Waals surface area (Å²) in [7, 11) is 1.47. The third-order valence-corrected chi connectivity index (χ3v) is 5.43. The molecule has 0 amide bonds. The third kappa shape index (κ3) is 2.63. The maximum Gasteiger partial charge on any atom is 0.275 e. The Morgan fingerprint density at radius 2 is 1.96 bits per heavy atom. The van der Waals surface area contributed by atoms with Gasteiger partial charge >= 0.3 is 0 Å². The summed E-state index contributed by atoms with van der Waals surface area (Å²) in [4.78, 5) is 21.8. The van der Waals surface area contributed by atoms with Gasteiger partial charge in [-0.25, -0.2) is 0 Å². The number of hydrogen-bond acceptors (Lipinski definition) is 7. The molecule has 0 radical (unpaired) electrons. The molecule has 28 heavy (non-hydrogen) atoms. The van der Waals surface area contributed by atoms with Gasteiger partial charge in [-0.15, -0.1) is 0 Å². The number of benzene rings is 2. The van der Waals surface area contributed by atoms with Gasteiger partial charge in [-0.3, -0.25) is 20.2 Å². The molecule has 0 saturated carbocycles. The summed E-state index contributed by atoms with van der Waals surface area (Å²) in [6, 6.07) is 6.36. The highest BCUT2D eigenvalue weighted by atomic mass is 16.6. The van der Waals surface area contributed by atoms with Crippen LogP contribution in [0.2, 0.25) is 0 Å². The first kappa shape index (κ1) is 17.8. The number of phenols is 1. The lowest BCUT2D eigenvalue weighted by Crippen LogP contribution is -2.30. The van der Waals surface area contributed by atoms with Gasteiger partial charge in [-0.2, -0.15) is 0 Å². The van der Waals surface area contributed by atoms with E-state index in [1.165, 1.54) is 37.4 Å². The summed E-state index contributed by atoms with van der Waals surface area (Å²) in [6.07, 6.45) is 4.48. The van der Waals surface area contributed by atoms with Crippen LogP contribution >= 0.6 is 0 Å². The third-order valence-electron chi connectivity index (χ3n) is 5.43. The van der Waals surface area contributed by atoms with Gasteiger partial charge in [0.15, 0.2) is 0 Å². The second-order valence-electron chi connectivity index (χ2n) is 6.81. The minimum atomic E-state index is -0.518. The van der Waals surface area contributed by atoms with E-state index in [0.29, 0.717) is 29.0 Å². The van der Waals surface area contributed by atoms with E-state index in [-0.39, 0.29) is 29.0 Å². The zero-order valence-electron chi connectivity index (χ0n) is 14.9. The molecule has 1 aliphatic heterocycles. The average Bonchev–Trinajstić information content (AvgIpc) is 3.16. The number of methoxy groups -OCH3 is 1. The van der Waals surface area contributed by atoms with Crippen LogP contribution in [0, 0.1) is 26.1 Å². The number of nitrogens with zero attached hydrogens (tertiary/aromatic N) is 2. The van der Waals surface area contributed by atoms with E-state index < -0.39 is 15.9 Å². The van der Waals surface area contributed by atoms with Crippen LogP contribution in [-0.2, 0) is 0 Å². The molecule has 0 bridgehead atoms. The Bertz CT molecular complexity index is 1020. The molecule has 2 N–H and O–H groups in total. The second-order valence-corrected chi connectivity index (χ2v) is 6.81. The first-order chi connectivity index (χ1) is 13.4. The molecule has 4 rings (SSSR count). The Kier molecular flexibility index (Phi) is 4.14. The van der Waals surface area contributed by atoms with E-state index in [1.54, 1.807) is 0 Å². The van der Waals surface area contributed by atoms with Crippen molar-refractivity contribution in [3.8, 4) is 11.5 Å². The molecule has 2 aromatic rings. The Morgan fingerprint density at radius 1 is 1.18 bits per heavy atom. The average molecular weight is 383 g/mol. The van der Waals surface area contributed by atoms with Gasteiger partial charge in [-0.05, 0) is 24.5 Å². The number of rotatable bonds is 4. The standard InChI is InChI=1S/C19H17N3O6/c1-28-16-8-6-14(22(26)27)17-11-3-2-4-12(11)18(20-19(16)17)13-9-10(21(24)25)5-7-15(13)23/h2-3,5-9,11-12,18,20,23H,4H2,1H3. The summed E-state index contributed by atoms with van der Waals surface area (Å²) < 4.78 is 5.39. The fourth-order valence-corrected chi connectivity index (χ4v) is 4.21. The highest BCUT2D eigenvalue weighted by Gasteiger charge is 2.43. The number of phenolic OH excluding ortho intramolecular Hbond substituents is 1. The second kappa shape index (κ2) is 6.52. The molecule has 144 valence electrons. The molecule has 0 fully saturated rings. The summed E-state index contributed by atoms with van der Waals surface area (Å²) in [5.41, 5.74) is 1.25.